The van der Waals surface area contributed by atoms with E-state index in [0.717, 1.165) is 25.7 Å². The van der Waals surface area contributed by atoms with Gasteiger partial charge in [-0.15, -0.1) is 5.10 Å². The summed E-state index contributed by atoms with van der Waals surface area (Å²) in [7, 11) is 0. The van der Waals surface area contributed by atoms with Crippen molar-refractivity contribution in [3.05, 3.63) is 10.5 Å². The number of nitrogens with zero attached hydrogens (tertiary/aromatic N) is 2. The van der Waals surface area contributed by atoms with Gasteiger partial charge in [-0.3, -0.25) is 9.36 Å². The zero-order chi connectivity index (χ0) is 15.0. The summed E-state index contributed by atoms with van der Waals surface area (Å²) in [6, 6.07) is 0.226. The van der Waals surface area contributed by atoms with Gasteiger partial charge in [0.2, 0.25) is 5.91 Å². The van der Waals surface area contributed by atoms with Crippen LogP contribution >= 0.6 is 11.8 Å². The van der Waals surface area contributed by atoms with Gasteiger partial charge in [0.25, 0.3) is 0 Å². The second kappa shape index (κ2) is 8.84. The van der Waals surface area contributed by atoms with Crippen LogP contribution in [0.25, 0.3) is 0 Å². The zero-order valence-electron chi connectivity index (χ0n) is 12.4. The maximum atomic E-state index is 11.8. The Morgan fingerprint density at radius 2 is 2.10 bits per heavy atom. The van der Waals surface area contributed by atoms with Crippen molar-refractivity contribution >= 4 is 17.7 Å². The van der Waals surface area contributed by atoms with Gasteiger partial charge in [0.15, 0.2) is 5.16 Å². The number of aromatic nitrogens is 3. The van der Waals surface area contributed by atoms with Crippen molar-refractivity contribution in [2.24, 2.45) is 0 Å². The molecular formula is C13H24N4O2S. The van der Waals surface area contributed by atoms with E-state index in [1.165, 1.54) is 11.8 Å². The number of carbonyl (C=O) groups excluding carboxylic acids is 1. The number of unbranched alkanes of at least 4 members (excludes halogenated alkanes) is 1. The molecule has 114 valence electrons. The first-order valence-electron chi connectivity index (χ1n) is 7.19. The van der Waals surface area contributed by atoms with E-state index in [0.29, 0.717) is 11.7 Å². The molecule has 0 unspecified atom stereocenters. The Morgan fingerprint density at radius 3 is 2.70 bits per heavy atom. The highest BCUT2D eigenvalue weighted by atomic mass is 32.2. The molecule has 0 bridgehead atoms. The third kappa shape index (κ3) is 5.03. The Balaban J connectivity index is 2.53. The van der Waals surface area contributed by atoms with Crippen LogP contribution in [-0.2, 0) is 11.3 Å². The van der Waals surface area contributed by atoms with E-state index in [1.54, 1.807) is 4.57 Å². The Labute approximate surface area is 123 Å². The molecule has 0 aliphatic heterocycles. The number of hydrogen-bond acceptors (Lipinski definition) is 4. The largest absolute Gasteiger partial charge is 0.353 e. The first-order valence-corrected chi connectivity index (χ1v) is 8.18. The molecular weight excluding hydrogens is 276 g/mol. The molecule has 20 heavy (non-hydrogen) atoms. The van der Waals surface area contributed by atoms with Crippen LogP contribution in [-0.4, -0.2) is 32.5 Å². The molecule has 0 aromatic carbocycles. The summed E-state index contributed by atoms with van der Waals surface area (Å²) in [5.41, 5.74) is -0.207. The minimum atomic E-state index is -0.207. The van der Waals surface area contributed by atoms with Crippen molar-refractivity contribution in [3.8, 4) is 0 Å². The molecule has 0 atom stereocenters. The molecule has 0 saturated heterocycles. The maximum absolute atomic E-state index is 11.8. The number of carbonyl (C=O) groups is 1. The monoisotopic (exact) mass is 300 g/mol. The highest BCUT2D eigenvalue weighted by molar-refractivity contribution is 7.99. The van der Waals surface area contributed by atoms with E-state index >= 15 is 0 Å². The third-order valence-electron chi connectivity index (χ3n) is 3.14. The number of nitrogens with one attached hydrogen (secondary N) is 2. The lowest BCUT2D eigenvalue weighted by molar-refractivity contribution is -0.119. The number of thioether (sulfide) groups is 1. The van der Waals surface area contributed by atoms with Gasteiger partial charge in [0.1, 0.15) is 0 Å². The first-order chi connectivity index (χ1) is 9.62. The van der Waals surface area contributed by atoms with E-state index in [4.69, 9.17) is 0 Å². The number of rotatable bonds is 9. The Bertz CT molecular complexity index is 465. The molecule has 0 aliphatic carbocycles. The van der Waals surface area contributed by atoms with Crippen LogP contribution in [0.15, 0.2) is 9.95 Å². The molecule has 7 heteroatoms. The van der Waals surface area contributed by atoms with Gasteiger partial charge in [-0.2, -0.15) is 0 Å². The number of aromatic amines is 1. The molecule has 1 heterocycles. The summed E-state index contributed by atoms with van der Waals surface area (Å²) < 4.78 is 1.60. The van der Waals surface area contributed by atoms with E-state index in [2.05, 4.69) is 36.3 Å². The lowest BCUT2D eigenvalue weighted by atomic mass is 10.2. The highest BCUT2D eigenvalue weighted by Gasteiger charge is 2.12. The Kier molecular flexibility index (Phi) is 7.43. The van der Waals surface area contributed by atoms with Crippen LogP contribution < -0.4 is 11.0 Å². The molecule has 6 nitrogen and oxygen atoms in total. The topological polar surface area (TPSA) is 79.8 Å². The van der Waals surface area contributed by atoms with Crippen molar-refractivity contribution in [3.63, 3.8) is 0 Å². The van der Waals surface area contributed by atoms with Gasteiger partial charge in [-0.25, -0.2) is 9.89 Å². The molecule has 1 rings (SSSR count). The molecule has 0 fully saturated rings. The SMILES string of the molecule is CCCCn1c(SCC(=O)NC(CC)CC)n[nH]c1=O. The Morgan fingerprint density at radius 1 is 1.40 bits per heavy atom. The van der Waals surface area contributed by atoms with Crippen molar-refractivity contribution < 1.29 is 4.79 Å². The summed E-state index contributed by atoms with van der Waals surface area (Å²) >= 11 is 1.30. The maximum Gasteiger partial charge on any atom is 0.343 e. The van der Waals surface area contributed by atoms with Gasteiger partial charge < -0.3 is 5.32 Å². The van der Waals surface area contributed by atoms with Crippen LogP contribution in [0.1, 0.15) is 46.5 Å². The summed E-state index contributed by atoms with van der Waals surface area (Å²) in [4.78, 5) is 23.4. The summed E-state index contributed by atoms with van der Waals surface area (Å²) in [6.45, 7) is 6.82. The van der Waals surface area contributed by atoms with Crippen LogP contribution in [0.2, 0.25) is 0 Å². The van der Waals surface area contributed by atoms with Crippen LogP contribution in [0, 0.1) is 0 Å². The first kappa shape index (κ1) is 16.8. The summed E-state index contributed by atoms with van der Waals surface area (Å²) in [6.07, 6.45) is 3.79. The zero-order valence-corrected chi connectivity index (χ0v) is 13.3. The van der Waals surface area contributed by atoms with Crippen molar-refractivity contribution in [1.29, 1.82) is 0 Å². The van der Waals surface area contributed by atoms with Crippen molar-refractivity contribution in [2.75, 3.05) is 5.75 Å². The quantitative estimate of drug-likeness (QED) is 0.681. The fraction of sp³-hybridized carbons (Fsp3) is 0.769. The standard InChI is InChI=1S/C13H24N4O2S/c1-4-7-8-17-12(19)15-16-13(17)20-9-11(18)14-10(5-2)6-3/h10H,4-9H2,1-3H3,(H,14,18)(H,15,19). The van der Waals surface area contributed by atoms with Crippen LogP contribution in [0.4, 0.5) is 0 Å². The summed E-state index contributed by atoms with van der Waals surface area (Å²) in [5.74, 6) is 0.272. The minimum absolute atomic E-state index is 0.0128. The Hall–Kier alpha value is -1.24. The van der Waals surface area contributed by atoms with Crippen molar-refractivity contribution in [1.82, 2.24) is 20.1 Å². The average Bonchev–Trinajstić information content (AvgIpc) is 2.80. The number of amides is 1. The second-order valence-electron chi connectivity index (χ2n) is 4.69. The normalized spacial score (nSPS) is 11.0. The molecule has 1 aromatic heterocycles. The molecule has 0 spiro atoms. The second-order valence-corrected chi connectivity index (χ2v) is 5.63. The minimum Gasteiger partial charge on any atom is -0.353 e. The smallest absolute Gasteiger partial charge is 0.343 e. The predicted octanol–water partition coefficient (Wildman–Crippen LogP) is 1.77. The van der Waals surface area contributed by atoms with Crippen LogP contribution in [0.3, 0.4) is 0 Å². The van der Waals surface area contributed by atoms with Crippen LogP contribution in [0.5, 0.6) is 0 Å². The highest BCUT2D eigenvalue weighted by Crippen LogP contribution is 2.13. The van der Waals surface area contributed by atoms with Crippen molar-refractivity contribution in [2.45, 2.75) is 64.2 Å². The van der Waals surface area contributed by atoms with E-state index in [1.807, 2.05) is 0 Å². The van der Waals surface area contributed by atoms with Gasteiger partial charge in [-0.05, 0) is 19.3 Å². The fourth-order valence-electron chi connectivity index (χ4n) is 1.82. The molecule has 0 aliphatic rings. The molecule has 2 N–H and O–H groups in total. The van der Waals surface area contributed by atoms with Gasteiger partial charge in [-0.1, -0.05) is 39.0 Å². The number of hydrogen-bond donors (Lipinski definition) is 2. The third-order valence-corrected chi connectivity index (χ3v) is 4.12. The molecule has 1 amide bonds. The fourth-order valence-corrected chi connectivity index (χ4v) is 2.60. The predicted molar refractivity (Wildman–Crippen MR) is 81.0 cm³/mol. The number of H-pyrrole nitrogens is 1. The lowest BCUT2D eigenvalue weighted by Gasteiger charge is -2.14. The van der Waals surface area contributed by atoms with Gasteiger partial charge in [0, 0.05) is 12.6 Å². The van der Waals surface area contributed by atoms with Gasteiger partial charge >= 0.3 is 5.69 Å². The summed E-state index contributed by atoms with van der Waals surface area (Å²) in [5, 5.41) is 9.96. The van der Waals surface area contributed by atoms with E-state index < -0.39 is 0 Å². The molecule has 0 saturated carbocycles. The van der Waals surface area contributed by atoms with E-state index in [9.17, 15) is 9.59 Å². The molecule has 1 aromatic rings. The average molecular weight is 300 g/mol. The van der Waals surface area contributed by atoms with E-state index in [-0.39, 0.29) is 23.4 Å². The lowest BCUT2D eigenvalue weighted by Crippen LogP contribution is -2.35. The molecule has 0 radical (unpaired) electrons. The van der Waals surface area contributed by atoms with Gasteiger partial charge in [0.05, 0.1) is 5.75 Å².